The average molecular weight is 488 g/mol. The van der Waals surface area contributed by atoms with E-state index in [-0.39, 0.29) is 16.6 Å². The van der Waals surface area contributed by atoms with Crippen molar-refractivity contribution in [3.63, 3.8) is 0 Å². The van der Waals surface area contributed by atoms with Crippen LogP contribution in [0.2, 0.25) is 0 Å². The summed E-state index contributed by atoms with van der Waals surface area (Å²) >= 11 is 1.50. The van der Waals surface area contributed by atoms with E-state index in [0.717, 1.165) is 55.0 Å². The summed E-state index contributed by atoms with van der Waals surface area (Å²) in [6.45, 7) is 8.33. The predicted molar refractivity (Wildman–Crippen MR) is 132 cm³/mol. The van der Waals surface area contributed by atoms with Gasteiger partial charge < -0.3 is 4.74 Å². The number of carbonyl (C=O) groups is 1. The number of sulfone groups is 1. The van der Waals surface area contributed by atoms with Gasteiger partial charge in [-0.2, -0.15) is 0 Å². The van der Waals surface area contributed by atoms with Crippen LogP contribution in [0, 0.1) is 6.92 Å². The molecule has 2 heterocycles. The molecule has 0 bridgehead atoms. The largest absolute Gasteiger partial charge is 0.379 e. The molecule has 2 aromatic carbocycles. The first-order chi connectivity index (χ1) is 15.9. The van der Waals surface area contributed by atoms with Gasteiger partial charge in [0.05, 0.1) is 34.1 Å². The third kappa shape index (κ3) is 5.43. The van der Waals surface area contributed by atoms with Crippen LogP contribution in [-0.4, -0.2) is 69.4 Å². The number of rotatable bonds is 8. The molecule has 9 heteroatoms. The Hall–Kier alpha value is -2.33. The van der Waals surface area contributed by atoms with Gasteiger partial charge in [-0.15, -0.1) is 0 Å². The van der Waals surface area contributed by atoms with E-state index in [4.69, 9.17) is 9.72 Å². The molecule has 1 amide bonds. The van der Waals surface area contributed by atoms with Crippen molar-refractivity contribution >= 4 is 42.4 Å². The summed E-state index contributed by atoms with van der Waals surface area (Å²) in [5, 5.41) is 0.663. The first kappa shape index (κ1) is 23.8. The fourth-order valence-corrected chi connectivity index (χ4v) is 5.83. The summed E-state index contributed by atoms with van der Waals surface area (Å²) in [4.78, 5) is 22.6. The Balaban J connectivity index is 1.59. The number of para-hydroxylation sites is 1. The molecule has 1 aliphatic rings. The van der Waals surface area contributed by atoms with E-state index in [1.54, 1.807) is 24.0 Å². The molecule has 0 aliphatic carbocycles. The van der Waals surface area contributed by atoms with Crippen LogP contribution in [-0.2, 0) is 14.6 Å². The third-order valence-corrected chi connectivity index (χ3v) is 8.68. The monoisotopic (exact) mass is 487 g/mol. The second-order valence-electron chi connectivity index (χ2n) is 8.11. The topological polar surface area (TPSA) is 79.8 Å². The standard InChI is InChI=1S/C24H29N3O4S2/c1-3-33(29,30)20-10-8-19(9-11-20)23(28)27(13-5-12-26-14-16-31-17-15-26)24-25-22-18(2)6-4-7-21(22)32-24/h4,6-11H,3,5,12-17H2,1-2H3. The van der Waals surface area contributed by atoms with Crippen molar-refractivity contribution in [1.29, 1.82) is 0 Å². The van der Waals surface area contributed by atoms with Crippen molar-refractivity contribution in [3.8, 4) is 0 Å². The van der Waals surface area contributed by atoms with E-state index in [9.17, 15) is 13.2 Å². The van der Waals surface area contributed by atoms with Crippen molar-refractivity contribution in [3.05, 3.63) is 53.6 Å². The summed E-state index contributed by atoms with van der Waals surface area (Å²) < 4.78 is 30.8. The number of ether oxygens (including phenoxy) is 1. The Morgan fingerprint density at radius 3 is 2.55 bits per heavy atom. The number of benzene rings is 2. The normalized spacial score (nSPS) is 15.1. The maximum Gasteiger partial charge on any atom is 0.260 e. The number of carbonyl (C=O) groups excluding carboxylic acids is 1. The van der Waals surface area contributed by atoms with Crippen molar-refractivity contribution in [2.75, 3.05) is 50.0 Å². The molecule has 0 N–H and O–H groups in total. The third-order valence-electron chi connectivity index (χ3n) is 5.89. The van der Waals surface area contributed by atoms with E-state index in [1.807, 2.05) is 25.1 Å². The van der Waals surface area contributed by atoms with Gasteiger partial charge in [-0.25, -0.2) is 13.4 Å². The Bertz CT molecular complexity index is 1220. The number of hydrogen-bond acceptors (Lipinski definition) is 7. The molecule has 0 saturated carbocycles. The van der Waals surface area contributed by atoms with E-state index in [2.05, 4.69) is 4.90 Å². The molecular weight excluding hydrogens is 458 g/mol. The molecule has 1 aliphatic heterocycles. The Morgan fingerprint density at radius 2 is 1.88 bits per heavy atom. The minimum absolute atomic E-state index is 0.0268. The summed E-state index contributed by atoms with van der Waals surface area (Å²) in [5.41, 5.74) is 2.44. The van der Waals surface area contributed by atoms with E-state index in [0.29, 0.717) is 17.2 Å². The highest BCUT2D eigenvalue weighted by molar-refractivity contribution is 7.91. The van der Waals surface area contributed by atoms with Crippen molar-refractivity contribution in [2.45, 2.75) is 25.2 Å². The summed E-state index contributed by atoms with van der Waals surface area (Å²) in [7, 11) is -3.31. The number of amides is 1. The minimum Gasteiger partial charge on any atom is -0.379 e. The van der Waals surface area contributed by atoms with Crippen LogP contribution >= 0.6 is 11.3 Å². The van der Waals surface area contributed by atoms with Crippen molar-refractivity contribution < 1.29 is 17.9 Å². The summed E-state index contributed by atoms with van der Waals surface area (Å²) in [6, 6.07) is 12.3. The fraction of sp³-hybridized carbons (Fsp3) is 0.417. The molecule has 1 saturated heterocycles. The predicted octanol–water partition coefficient (Wildman–Crippen LogP) is 3.77. The first-order valence-electron chi connectivity index (χ1n) is 11.2. The number of morpholine rings is 1. The van der Waals surface area contributed by atoms with Gasteiger partial charge in [0.25, 0.3) is 5.91 Å². The quantitative estimate of drug-likeness (QED) is 0.481. The molecule has 4 rings (SSSR count). The van der Waals surface area contributed by atoms with E-state index in [1.165, 1.54) is 23.5 Å². The SMILES string of the molecule is CCS(=O)(=O)c1ccc(C(=O)N(CCCN2CCOCC2)c2nc3c(C)cccc3s2)cc1. The lowest BCUT2D eigenvalue weighted by atomic mass is 10.2. The van der Waals surface area contributed by atoms with Crippen LogP contribution in [0.5, 0.6) is 0 Å². The van der Waals surface area contributed by atoms with Crippen LogP contribution < -0.4 is 4.90 Å². The molecular formula is C24H29N3O4S2. The van der Waals surface area contributed by atoms with Crippen molar-refractivity contribution in [2.24, 2.45) is 0 Å². The number of nitrogens with zero attached hydrogens (tertiary/aromatic N) is 3. The van der Waals surface area contributed by atoms with Crippen LogP contribution in [0.4, 0.5) is 5.13 Å². The number of fused-ring (bicyclic) bond motifs is 1. The molecule has 0 radical (unpaired) electrons. The van der Waals surface area contributed by atoms with Gasteiger partial charge in [0.1, 0.15) is 0 Å². The van der Waals surface area contributed by atoms with Crippen molar-refractivity contribution in [1.82, 2.24) is 9.88 Å². The Kier molecular flexibility index (Phi) is 7.43. The van der Waals surface area contributed by atoms with Crippen LogP contribution in [0.3, 0.4) is 0 Å². The smallest absolute Gasteiger partial charge is 0.260 e. The minimum atomic E-state index is -3.31. The van der Waals surface area contributed by atoms with Crippen LogP contribution in [0.1, 0.15) is 29.3 Å². The highest BCUT2D eigenvalue weighted by Crippen LogP contribution is 2.31. The number of hydrogen-bond donors (Lipinski definition) is 0. The van der Waals surface area contributed by atoms with Crippen LogP contribution in [0.25, 0.3) is 10.2 Å². The summed E-state index contributed by atoms with van der Waals surface area (Å²) in [6.07, 6.45) is 0.808. The molecule has 0 spiro atoms. The van der Waals surface area contributed by atoms with Gasteiger partial charge in [-0.3, -0.25) is 14.6 Å². The van der Waals surface area contributed by atoms with E-state index < -0.39 is 9.84 Å². The lowest BCUT2D eigenvalue weighted by molar-refractivity contribution is 0.0376. The van der Waals surface area contributed by atoms with Gasteiger partial charge in [-0.1, -0.05) is 30.4 Å². The summed E-state index contributed by atoms with van der Waals surface area (Å²) in [5.74, 6) is -0.145. The zero-order valence-corrected chi connectivity index (χ0v) is 20.6. The fourth-order valence-electron chi connectivity index (χ4n) is 3.88. The number of anilines is 1. The molecule has 33 heavy (non-hydrogen) atoms. The molecule has 1 aromatic heterocycles. The highest BCUT2D eigenvalue weighted by atomic mass is 32.2. The molecule has 1 fully saturated rings. The lowest BCUT2D eigenvalue weighted by Crippen LogP contribution is -2.39. The van der Waals surface area contributed by atoms with Gasteiger partial charge in [0.2, 0.25) is 0 Å². The number of aryl methyl sites for hydroxylation is 1. The van der Waals surface area contributed by atoms with E-state index >= 15 is 0 Å². The maximum atomic E-state index is 13.5. The zero-order valence-electron chi connectivity index (χ0n) is 19.0. The van der Waals surface area contributed by atoms with Crippen LogP contribution in [0.15, 0.2) is 47.4 Å². The molecule has 0 atom stereocenters. The number of thiazole rings is 1. The average Bonchev–Trinajstić information content (AvgIpc) is 3.27. The second kappa shape index (κ2) is 10.3. The molecule has 7 nitrogen and oxygen atoms in total. The van der Waals surface area contributed by atoms with Gasteiger partial charge >= 0.3 is 0 Å². The van der Waals surface area contributed by atoms with Gasteiger partial charge in [-0.05, 0) is 49.2 Å². The first-order valence-corrected chi connectivity index (χ1v) is 13.7. The highest BCUT2D eigenvalue weighted by Gasteiger charge is 2.23. The zero-order chi connectivity index (χ0) is 23.4. The maximum absolute atomic E-state index is 13.5. The Labute approximate surface area is 198 Å². The molecule has 176 valence electrons. The van der Waals surface area contributed by atoms with Gasteiger partial charge in [0.15, 0.2) is 15.0 Å². The number of aromatic nitrogens is 1. The van der Waals surface area contributed by atoms with Gasteiger partial charge in [0, 0.05) is 31.7 Å². The Morgan fingerprint density at radius 1 is 1.15 bits per heavy atom. The lowest BCUT2D eigenvalue weighted by Gasteiger charge is -2.27. The second-order valence-corrected chi connectivity index (χ2v) is 11.4. The molecule has 0 unspecified atom stereocenters. The molecule has 3 aromatic rings.